The van der Waals surface area contributed by atoms with Crippen LogP contribution in [0.3, 0.4) is 0 Å². The number of amides is 1. The van der Waals surface area contributed by atoms with E-state index in [1.165, 1.54) is 4.90 Å². The van der Waals surface area contributed by atoms with Crippen LogP contribution in [0.5, 0.6) is 5.75 Å². The van der Waals surface area contributed by atoms with Crippen molar-refractivity contribution < 1.29 is 19.4 Å². The van der Waals surface area contributed by atoms with Gasteiger partial charge in [-0.05, 0) is 60.4 Å². The van der Waals surface area contributed by atoms with Crippen LogP contribution in [-0.2, 0) is 9.59 Å². The first kappa shape index (κ1) is 23.4. The Bertz CT molecular complexity index is 1510. The van der Waals surface area contributed by atoms with Gasteiger partial charge in [-0.2, -0.15) is 0 Å². The van der Waals surface area contributed by atoms with Gasteiger partial charge < -0.3 is 14.8 Å². The monoisotopic (exact) mass is 480 g/mol. The molecule has 1 aliphatic rings. The fourth-order valence-electron chi connectivity index (χ4n) is 4.91. The van der Waals surface area contributed by atoms with Gasteiger partial charge in [0.15, 0.2) is 0 Å². The number of nitrogens with zero attached hydrogens (tertiary/aromatic N) is 1. The van der Waals surface area contributed by atoms with Crippen molar-refractivity contribution in [1.82, 2.24) is 4.98 Å². The average Bonchev–Trinajstić information content (AvgIpc) is 3.42. The summed E-state index contributed by atoms with van der Waals surface area (Å²) in [6.07, 6.45) is 1.81. The van der Waals surface area contributed by atoms with Gasteiger partial charge in [0.25, 0.3) is 11.7 Å². The van der Waals surface area contributed by atoms with E-state index in [-0.39, 0.29) is 11.3 Å². The molecule has 3 aromatic carbocycles. The third kappa shape index (κ3) is 3.75. The number of H-pyrrole nitrogens is 1. The molecule has 5 rings (SSSR count). The zero-order chi connectivity index (χ0) is 25.6. The Labute approximate surface area is 209 Å². The highest BCUT2D eigenvalue weighted by Crippen LogP contribution is 2.44. The topological polar surface area (TPSA) is 82.6 Å². The van der Waals surface area contributed by atoms with E-state index in [1.54, 1.807) is 25.3 Å². The lowest BCUT2D eigenvalue weighted by Crippen LogP contribution is -2.29. The van der Waals surface area contributed by atoms with Gasteiger partial charge in [0.05, 0.1) is 18.7 Å². The molecule has 2 N–H and O–H groups in total. The number of fused-ring (bicyclic) bond motifs is 1. The Morgan fingerprint density at radius 1 is 1.03 bits per heavy atom. The molecule has 2 heterocycles. The second-order valence-corrected chi connectivity index (χ2v) is 9.39. The van der Waals surface area contributed by atoms with E-state index < -0.39 is 17.7 Å². The second-order valence-electron chi connectivity index (χ2n) is 9.39. The van der Waals surface area contributed by atoms with E-state index in [2.05, 4.69) is 18.8 Å². The van der Waals surface area contributed by atoms with Gasteiger partial charge in [0, 0.05) is 33.9 Å². The van der Waals surface area contributed by atoms with Crippen LogP contribution in [0.25, 0.3) is 16.7 Å². The average molecular weight is 481 g/mol. The number of carbonyl (C=O) groups is 2. The van der Waals surface area contributed by atoms with Crippen molar-refractivity contribution in [3.63, 3.8) is 0 Å². The van der Waals surface area contributed by atoms with E-state index in [9.17, 15) is 14.7 Å². The molecule has 1 unspecified atom stereocenters. The number of methoxy groups -OCH3 is 1. The van der Waals surface area contributed by atoms with Crippen LogP contribution in [-0.4, -0.2) is 28.9 Å². The fourth-order valence-corrected chi connectivity index (χ4v) is 4.91. The largest absolute Gasteiger partial charge is 0.507 e. The molecule has 6 heteroatoms. The number of nitrogens with one attached hydrogen (secondary N) is 1. The Balaban J connectivity index is 1.75. The first-order valence-electron chi connectivity index (χ1n) is 11.9. The molecule has 6 nitrogen and oxygen atoms in total. The van der Waals surface area contributed by atoms with Gasteiger partial charge in [-0.25, -0.2) is 0 Å². The molecule has 0 aliphatic carbocycles. The minimum absolute atomic E-state index is 0.0611. The molecule has 0 bridgehead atoms. The maximum Gasteiger partial charge on any atom is 0.300 e. The van der Waals surface area contributed by atoms with E-state index in [0.717, 1.165) is 27.6 Å². The van der Waals surface area contributed by atoms with E-state index >= 15 is 0 Å². The Morgan fingerprint density at radius 2 is 1.75 bits per heavy atom. The number of ether oxygens (including phenoxy) is 1. The van der Waals surface area contributed by atoms with Gasteiger partial charge in [-0.15, -0.1) is 0 Å². The second kappa shape index (κ2) is 9.04. The summed E-state index contributed by atoms with van der Waals surface area (Å²) in [4.78, 5) is 31.7. The number of aliphatic hydroxyl groups excluding tert-OH is 1. The Kier molecular flexibility index (Phi) is 5.88. The van der Waals surface area contributed by atoms with Crippen LogP contribution in [0.1, 0.15) is 48.1 Å². The highest BCUT2D eigenvalue weighted by molar-refractivity contribution is 6.52. The SMILES string of the molecule is COc1ccc(/C(O)=C2\C(=O)C(=O)N(c3ccc(C(C)C)cc3)C2c2c[nH]c3ccccc23)c(C)c1. The minimum atomic E-state index is -0.799. The summed E-state index contributed by atoms with van der Waals surface area (Å²) in [6, 6.07) is 19.8. The van der Waals surface area contributed by atoms with Gasteiger partial charge >= 0.3 is 0 Å². The standard InChI is InChI=1S/C30H28N2O4/c1-17(2)19-9-11-20(12-10-19)32-27(24-16-31-25-8-6-5-7-23(24)25)26(29(34)30(32)35)28(33)22-14-13-21(36-4)15-18(22)3/h5-17,27,31,33H,1-4H3/b28-26+. The molecule has 1 aliphatic heterocycles. The van der Waals surface area contributed by atoms with E-state index in [0.29, 0.717) is 22.9 Å². The molecule has 0 saturated carbocycles. The number of aromatic amines is 1. The molecule has 182 valence electrons. The first-order valence-corrected chi connectivity index (χ1v) is 11.9. The summed E-state index contributed by atoms with van der Waals surface area (Å²) >= 11 is 0. The number of benzene rings is 3. The summed E-state index contributed by atoms with van der Waals surface area (Å²) in [6.45, 7) is 6.04. The summed E-state index contributed by atoms with van der Waals surface area (Å²) in [7, 11) is 1.57. The zero-order valence-electron chi connectivity index (χ0n) is 20.7. The molecule has 1 fully saturated rings. The summed E-state index contributed by atoms with van der Waals surface area (Å²) < 4.78 is 5.29. The van der Waals surface area contributed by atoms with Crippen molar-refractivity contribution in [1.29, 1.82) is 0 Å². The van der Waals surface area contributed by atoms with Crippen molar-refractivity contribution in [2.45, 2.75) is 32.7 Å². The number of ketones is 1. The number of aliphatic hydroxyl groups is 1. The smallest absolute Gasteiger partial charge is 0.300 e. The number of carbonyl (C=O) groups excluding carboxylic acids is 2. The maximum atomic E-state index is 13.5. The van der Waals surface area contributed by atoms with Gasteiger partial charge in [0.1, 0.15) is 11.5 Å². The molecular weight excluding hydrogens is 452 g/mol. The third-order valence-corrected chi connectivity index (χ3v) is 6.89. The van der Waals surface area contributed by atoms with Crippen LogP contribution >= 0.6 is 0 Å². The van der Waals surface area contributed by atoms with Crippen molar-refractivity contribution in [2.24, 2.45) is 0 Å². The number of aryl methyl sites for hydroxylation is 1. The zero-order valence-corrected chi connectivity index (χ0v) is 20.7. The number of rotatable bonds is 5. The molecular formula is C30H28N2O4. The Hall–Kier alpha value is -4.32. The molecule has 0 radical (unpaired) electrons. The van der Waals surface area contributed by atoms with Gasteiger partial charge in [-0.3, -0.25) is 14.5 Å². The first-order chi connectivity index (χ1) is 17.3. The Morgan fingerprint density at radius 3 is 2.42 bits per heavy atom. The van der Waals surface area contributed by atoms with Crippen molar-refractivity contribution in [2.75, 3.05) is 12.0 Å². The van der Waals surface area contributed by atoms with Gasteiger partial charge in [-0.1, -0.05) is 44.2 Å². The lowest BCUT2D eigenvalue weighted by molar-refractivity contribution is -0.132. The van der Waals surface area contributed by atoms with Crippen LogP contribution in [0.4, 0.5) is 5.69 Å². The minimum Gasteiger partial charge on any atom is -0.507 e. The highest BCUT2D eigenvalue weighted by atomic mass is 16.5. The fraction of sp³-hybridized carbons (Fsp3) is 0.200. The summed E-state index contributed by atoms with van der Waals surface area (Å²) in [5.41, 5.74) is 4.63. The number of hydrogen-bond acceptors (Lipinski definition) is 4. The predicted molar refractivity (Wildman–Crippen MR) is 141 cm³/mol. The van der Waals surface area contributed by atoms with E-state index in [4.69, 9.17) is 4.74 Å². The molecule has 36 heavy (non-hydrogen) atoms. The molecule has 1 aromatic heterocycles. The number of para-hydroxylation sites is 1. The lowest BCUT2D eigenvalue weighted by Gasteiger charge is -2.25. The summed E-state index contributed by atoms with van der Waals surface area (Å²) in [5, 5.41) is 12.4. The maximum absolute atomic E-state index is 13.5. The van der Waals surface area contributed by atoms with Crippen LogP contribution in [0, 0.1) is 6.92 Å². The van der Waals surface area contributed by atoms with Crippen LogP contribution in [0.15, 0.2) is 78.5 Å². The quantitative estimate of drug-likeness (QED) is 0.201. The lowest BCUT2D eigenvalue weighted by atomic mass is 9.93. The number of hydrogen-bond donors (Lipinski definition) is 2. The molecule has 4 aromatic rings. The van der Waals surface area contributed by atoms with E-state index in [1.807, 2.05) is 61.7 Å². The predicted octanol–water partition coefficient (Wildman–Crippen LogP) is 6.23. The number of anilines is 1. The summed E-state index contributed by atoms with van der Waals surface area (Å²) in [5.74, 6) is -0.619. The number of aromatic nitrogens is 1. The molecule has 1 amide bonds. The van der Waals surface area contributed by atoms with Crippen molar-refractivity contribution >= 4 is 34.0 Å². The highest BCUT2D eigenvalue weighted by Gasteiger charge is 2.47. The molecule has 1 atom stereocenters. The number of Topliss-reactive ketones (excluding diaryl/α,β-unsaturated/α-hetero) is 1. The van der Waals surface area contributed by atoms with Crippen molar-refractivity contribution in [3.05, 3.63) is 101 Å². The van der Waals surface area contributed by atoms with Gasteiger partial charge in [0.2, 0.25) is 0 Å². The van der Waals surface area contributed by atoms with Crippen molar-refractivity contribution in [3.8, 4) is 5.75 Å². The van der Waals surface area contributed by atoms with Crippen LogP contribution in [0.2, 0.25) is 0 Å². The van der Waals surface area contributed by atoms with Crippen LogP contribution < -0.4 is 9.64 Å². The third-order valence-electron chi connectivity index (χ3n) is 6.89. The molecule has 1 saturated heterocycles. The molecule has 0 spiro atoms. The normalized spacial score (nSPS) is 17.4.